The highest BCUT2D eigenvalue weighted by Gasteiger charge is 2.33. The van der Waals surface area contributed by atoms with Crippen molar-refractivity contribution in [2.45, 2.75) is 69.4 Å². The van der Waals surface area contributed by atoms with Gasteiger partial charge < -0.3 is 5.32 Å². The van der Waals surface area contributed by atoms with Crippen LogP contribution in [0.4, 0.5) is 0 Å². The zero-order valence-electron chi connectivity index (χ0n) is 15.4. The third-order valence-electron chi connectivity index (χ3n) is 5.33. The normalized spacial score (nSPS) is 23.1. The lowest BCUT2D eigenvalue weighted by Gasteiger charge is -2.26. The van der Waals surface area contributed by atoms with Crippen LogP contribution in [0.3, 0.4) is 0 Å². The number of fused-ring (bicyclic) bond motifs is 1. The van der Waals surface area contributed by atoms with Gasteiger partial charge in [0, 0.05) is 11.6 Å². The van der Waals surface area contributed by atoms with Gasteiger partial charge in [-0.2, -0.15) is 0 Å². The smallest absolute Gasteiger partial charge is 0.263 e. The van der Waals surface area contributed by atoms with Crippen LogP contribution < -0.4 is 10.0 Å². The molecule has 0 bridgehead atoms. The van der Waals surface area contributed by atoms with Gasteiger partial charge in [-0.1, -0.05) is 51.7 Å². The van der Waals surface area contributed by atoms with Gasteiger partial charge in [0.05, 0.1) is 4.90 Å². The maximum absolute atomic E-state index is 12.9. The lowest BCUT2D eigenvalue weighted by Crippen LogP contribution is -2.44. The number of sulfonamides is 1. The van der Waals surface area contributed by atoms with Gasteiger partial charge in [-0.15, -0.1) is 0 Å². The SMILES string of the molecule is CC[C@H](C)[C@H](N=C1NS(=O)(=O)c2ccccc21)C(=O)NC1CCCCC1. The molecule has 2 N–H and O–H groups in total. The molecular weight excluding hydrogens is 350 g/mol. The van der Waals surface area contributed by atoms with E-state index in [1.54, 1.807) is 24.3 Å². The predicted octanol–water partition coefficient (Wildman–Crippen LogP) is 2.59. The first-order valence-corrected chi connectivity index (χ1v) is 10.9. The van der Waals surface area contributed by atoms with Gasteiger partial charge in [-0.05, 0) is 30.9 Å². The molecule has 1 heterocycles. The van der Waals surface area contributed by atoms with Crippen LogP contribution in [0.1, 0.15) is 57.9 Å². The fraction of sp³-hybridized carbons (Fsp3) is 0.579. The Hall–Kier alpha value is -1.89. The molecular formula is C19H27N3O3S. The monoisotopic (exact) mass is 377 g/mol. The lowest BCUT2D eigenvalue weighted by atomic mass is 9.94. The average molecular weight is 378 g/mol. The van der Waals surface area contributed by atoms with Gasteiger partial charge in [0.2, 0.25) is 5.91 Å². The Kier molecular flexibility index (Phi) is 5.65. The van der Waals surface area contributed by atoms with Gasteiger partial charge >= 0.3 is 0 Å². The molecule has 0 aromatic heterocycles. The molecule has 1 fully saturated rings. The number of nitrogens with zero attached hydrogens (tertiary/aromatic N) is 1. The number of benzene rings is 1. The maximum Gasteiger partial charge on any atom is 0.263 e. The van der Waals surface area contributed by atoms with Crippen LogP contribution >= 0.6 is 0 Å². The zero-order chi connectivity index (χ0) is 18.7. The van der Waals surface area contributed by atoms with Crippen molar-refractivity contribution < 1.29 is 13.2 Å². The molecule has 2 aliphatic rings. The number of aliphatic imine (C=N–C) groups is 1. The number of nitrogens with one attached hydrogen (secondary N) is 2. The molecule has 0 unspecified atom stereocenters. The molecule has 0 spiro atoms. The zero-order valence-corrected chi connectivity index (χ0v) is 16.2. The molecule has 26 heavy (non-hydrogen) atoms. The molecule has 1 aliphatic heterocycles. The lowest BCUT2D eigenvalue weighted by molar-refractivity contribution is -0.124. The second-order valence-corrected chi connectivity index (χ2v) is 8.90. The third-order valence-corrected chi connectivity index (χ3v) is 6.73. The molecule has 1 amide bonds. The maximum atomic E-state index is 12.9. The summed E-state index contributed by atoms with van der Waals surface area (Å²) < 4.78 is 27.1. The van der Waals surface area contributed by atoms with Crippen molar-refractivity contribution in [3.05, 3.63) is 29.8 Å². The van der Waals surface area contributed by atoms with Crippen molar-refractivity contribution in [3.63, 3.8) is 0 Å². The summed E-state index contributed by atoms with van der Waals surface area (Å²) in [5.74, 6) is 0.176. The number of amides is 1. The number of hydrogen-bond acceptors (Lipinski definition) is 4. The molecule has 1 aromatic rings. The van der Waals surface area contributed by atoms with E-state index >= 15 is 0 Å². The summed E-state index contributed by atoms with van der Waals surface area (Å²) in [7, 11) is -3.60. The van der Waals surface area contributed by atoms with Crippen molar-refractivity contribution >= 4 is 21.8 Å². The van der Waals surface area contributed by atoms with Crippen LogP contribution in [0.2, 0.25) is 0 Å². The Morgan fingerprint density at radius 1 is 1.27 bits per heavy atom. The van der Waals surface area contributed by atoms with Crippen LogP contribution in [-0.2, 0) is 14.8 Å². The van der Waals surface area contributed by atoms with Crippen LogP contribution in [0, 0.1) is 5.92 Å². The third kappa shape index (κ3) is 3.92. The van der Waals surface area contributed by atoms with Gasteiger partial charge in [0.25, 0.3) is 10.0 Å². The van der Waals surface area contributed by atoms with Crippen LogP contribution in [0.5, 0.6) is 0 Å². The van der Waals surface area contributed by atoms with E-state index in [0.717, 1.165) is 32.1 Å². The van der Waals surface area contributed by atoms with Gasteiger partial charge in [-0.3, -0.25) is 14.5 Å². The van der Waals surface area contributed by atoms with Gasteiger partial charge in [-0.25, -0.2) is 8.42 Å². The van der Waals surface area contributed by atoms with Crippen LogP contribution in [-0.4, -0.2) is 32.2 Å². The van der Waals surface area contributed by atoms with E-state index in [0.29, 0.717) is 5.56 Å². The van der Waals surface area contributed by atoms with Crippen molar-refractivity contribution in [2.24, 2.45) is 10.9 Å². The standard InChI is InChI=1S/C19H27N3O3S/c1-3-13(2)17(19(23)20-14-9-5-4-6-10-14)21-18-15-11-7-8-12-16(15)26(24,25)22-18/h7-8,11-14,17H,3-6,9-10H2,1-2H3,(H,20,23)(H,21,22)/t13-,17-/m0/s1. The fourth-order valence-corrected chi connectivity index (χ4v) is 4.81. The molecule has 1 saturated carbocycles. The van der Waals surface area contributed by atoms with E-state index in [4.69, 9.17) is 0 Å². The van der Waals surface area contributed by atoms with E-state index in [2.05, 4.69) is 15.0 Å². The number of carbonyl (C=O) groups excluding carboxylic acids is 1. The Morgan fingerprint density at radius 2 is 1.96 bits per heavy atom. The predicted molar refractivity (Wildman–Crippen MR) is 102 cm³/mol. The second-order valence-electron chi connectivity index (χ2n) is 7.25. The molecule has 0 saturated heterocycles. The minimum atomic E-state index is -3.60. The highest BCUT2D eigenvalue weighted by molar-refractivity contribution is 7.90. The second kappa shape index (κ2) is 7.78. The number of amidine groups is 1. The average Bonchev–Trinajstić information content (AvgIpc) is 2.90. The van der Waals surface area contributed by atoms with Crippen LogP contribution in [0.25, 0.3) is 0 Å². The number of rotatable bonds is 5. The summed E-state index contributed by atoms with van der Waals surface area (Å²) in [6.07, 6.45) is 6.30. The van der Waals surface area contributed by atoms with Gasteiger partial charge in [0.15, 0.2) is 0 Å². The first kappa shape index (κ1) is 18.9. The quantitative estimate of drug-likeness (QED) is 0.827. The molecule has 1 aliphatic carbocycles. The van der Waals surface area contributed by atoms with E-state index in [1.165, 1.54) is 6.42 Å². The molecule has 6 nitrogen and oxygen atoms in total. The summed E-state index contributed by atoms with van der Waals surface area (Å²) in [4.78, 5) is 17.7. The molecule has 0 radical (unpaired) electrons. The van der Waals surface area contributed by atoms with E-state index < -0.39 is 16.1 Å². The molecule has 142 valence electrons. The molecule has 2 atom stereocenters. The topological polar surface area (TPSA) is 87.6 Å². The minimum absolute atomic E-state index is 0.0170. The van der Waals surface area contributed by atoms with Crippen LogP contribution in [0.15, 0.2) is 34.2 Å². The van der Waals surface area contributed by atoms with Crippen molar-refractivity contribution in [1.29, 1.82) is 0 Å². The molecule has 7 heteroatoms. The van der Waals surface area contributed by atoms with Crippen molar-refractivity contribution in [3.8, 4) is 0 Å². The van der Waals surface area contributed by atoms with Crippen molar-refractivity contribution in [2.75, 3.05) is 0 Å². The summed E-state index contributed by atoms with van der Waals surface area (Å²) in [6, 6.07) is 6.33. The molecule has 1 aromatic carbocycles. The summed E-state index contributed by atoms with van der Waals surface area (Å²) in [5, 5.41) is 3.13. The Balaban J connectivity index is 1.87. The van der Waals surface area contributed by atoms with E-state index in [1.807, 2.05) is 13.8 Å². The van der Waals surface area contributed by atoms with Gasteiger partial charge in [0.1, 0.15) is 11.9 Å². The fourth-order valence-electron chi connectivity index (χ4n) is 3.57. The number of hydrogen-bond donors (Lipinski definition) is 2. The Labute approximate surface area is 155 Å². The largest absolute Gasteiger partial charge is 0.352 e. The minimum Gasteiger partial charge on any atom is -0.352 e. The first-order chi connectivity index (χ1) is 12.4. The highest BCUT2D eigenvalue weighted by Crippen LogP contribution is 2.24. The van der Waals surface area contributed by atoms with Crippen molar-refractivity contribution in [1.82, 2.24) is 10.0 Å². The highest BCUT2D eigenvalue weighted by atomic mass is 32.2. The van der Waals surface area contributed by atoms with E-state index in [-0.39, 0.29) is 28.6 Å². The summed E-state index contributed by atoms with van der Waals surface area (Å²) in [6.45, 7) is 3.99. The summed E-state index contributed by atoms with van der Waals surface area (Å²) in [5.41, 5.74) is 0.534. The number of carbonyl (C=O) groups is 1. The van der Waals surface area contributed by atoms with E-state index in [9.17, 15) is 13.2 Å². The first-order valence-electron chi connectivity index (χ1n) is 9.42. The molecule has 3 rings (SSSR count). The summed E-state index contributed by atoms with van der Waals surface area (Å²) >= 11 is 0. The Morgan fingerprint density at radius 3 is 2.65 bits per heavy atom. The Bertz CT molecular complexity index is 798.